The van der Waals surface area contributed by atoms with Gasteiger partial charge in [0.25, 0.3) is 0 Å². The van der Waals surface area contributed by atoms with Crippen molar-refractivity contribution in [2.45, 2.75) is 20.4 Å². The quantitative estimate of drug-likeness (QED) is 0.799. The second kappa shape index (κ2) is 4.73. The Bertz CT molecular complexity index is 845. The molecule has 3 aromatic rings. The zero-order valence-electron chi connectivity index (χ0n) is 12.2. The summed E-state index contributed by atoms with van der Waals surface area (Å²) in [6.07, 6.45) is 1.81. The van der Waals surface area contributed by atoms with Gasteiger partial charge in [0, 0.05) is 18.3 Å². The number of carboxylic acid groups (broad SMARTS) is 1. The van der Waals surface area contributed by atoms with Crippen LogP contribution < -0.4 is 0 Å². The summed E-state index contributed by atoms with van der Waals surface area (Å²) in [6.45, 7) is 4.44. The number of carboxylic acids is 1. The Morgan fingerprint density at radius 1 is 1.33 bits per heavy atom. The Balaban J connectivity index is 2.20. The summed E-state index contributed by atoms with van der Waals surface area (Å²) in [4.78, 5) is 15.9. The lowest BCUT2D eigenvalue weighted by Crippen LogP contribution is -2.07. The molecular formula is C15H16N4O2. The maximum absolute atomic E-state index is 11.4. The number of carbonyl (C=O) groups is 1. The lowest BCUT2D eigenvalue weighted by molar-refractivity contribution is 0.0698. The predicted octanol–water partition coefficient (Wildman–Crippen LogP) is 2.13. The molecule has 0 spiro atoms. The third kappa shape index (κ3) is 2.08. The summed E-state index contributed by atoms with van der Waals surface area (Å²) in [5, 5.41) is 13.6. The van der Waals surface area contributed by atoms with E-state index in [1.807, 2.05) is 42.4 Å². The summed E-state index contributed by atoms with van der Waals surface area (Å²) in [5.41, 5.74) is 3.75. The van der Waals surface area contributed by atoms with E-state index in [4.69, 9.17) is 0 Å². The van der Waals surface area contributed by atoms with Crippen LogP contribution in [0.4, 0.5) is 0 Å². The summed E-state index contributed by atoms with van der Waals surface area (Å²) in [7, 11) is 1.89. The number of para-hydroxylation sites is 1. The molecule has 0 saturated heterocycles. The minimum absolute atomic E-state index is 0.273. The first-order chi connectivity index (χ1) is 9.99. The number of nitrogens with zero attached hydrogens (tertiary/aromatic N) is 4. The topological polar surface area (TPSA) is 72.9 Å². The van der Waals surface area contributed by atoms with E-state index in [9.17, 15) is 9.90 Å². The SMILES string of the molecule is Cc1c(Cn2c(C)nc3cccc(C(=O)O)c32)cnn1C. The van der Waals surface area contributed by atoms with Gasteiger partial charge >= 0.3 is 5.97 Å². The van der Waals surface area contributed by atoms with Crippen LogP contribution in [-0.2, 0) is 13.6 Å². The van der Waals surface area contributed by atoms with Crippen molar-refractivity contribution in [3.63, 3.8) is 0 Å². The lowest BCUT2D eigenvalue weighted by atomic mass is 10.1. The number of aromatic nitrogens is 4. The molecule has 1 N–H and O–H groups in total. The molecule has 2 aromatic heterocycles. The van der Waals surface area contributed by atoms with Gasteiger partial charge in [-0.05, 0) is 26.0 Å². The molecule has 0 aliphatic rings. The van der Waals surface area contributed by atoms with Gasteiger partial charge in [-0.1, -0.05) is 6.07 Å². The molecule has 1 aromatic carbocycles. The van der Waals surface area contributed by atoms with Crippen molar-refractivity contribution in [2.24, 2.45) is 7.05 Å². The van der Waals surface area contributed by atoms with Crippen LogP contribution in [0.5, 0.6) is 0 Å². The molecule has 0 amide bonds. The van der Waals surface area contributed by atoms with Gasteiger partial charge in [0.2, 0.25) is 0 Å². The number of hydrogen-bond acceptors (Lipinski definition) is 3. The summed E-state index contributed by atoms with van der Waals surface area (Å²) >= 11 is 0. The first-order valence-corrected chi connectivity index (χ1v) is 6.65. The normalized spacial score (nSPS) is 11.2. The molecule has 0 bridgehead atoms. The second-order valence-electron chi connectivity index (χ2n) is 5.10. The van der Waals surface area contributed by atoms with Crippen molar-refractivity contribution in [1.82, 2.24) is 19.3 Å². The number of hydrogen-bond donors (Lipinski definition) is 1. The van der Waals surface area contributed by atoms with E-state index in [0.29, 0.717) is 17.6 Å². The number of imidazole rings is 1. The molecule has 0 fully saturated rings. The first-order valence-electron chi connectivity index (χ1n) is 6.65. The van der Waals surface area contributed by atoms with Crippen LogP contribution in [0, 0.1) is 13.8 Å². The van der Waals surface area contributed by atoms with E-state index in [1.54, 1.807) is 12.1 Å². The molecule has 0 atom stereocenters. The largest absolute Gasteiger partial charge is 0.478 e. The van der Waals surface area contributed by atoms with Crippen LogP contribution in [0.15, 0.2) is 24.4 Å². The Morgan fingerprint density at radius 3 is 2.71 bits per heavy atom. The van der Waals surface area contributed by atoms with Crippen LogP contribution in [0.25, 0.3) is 11.0 Å². The molecule has 0 aliphatic carbocycles. The average Bonchev–Trinajstić information content (AvgIpc) is 2.93. The van der Waals surface area contributed by atoms with Gasteiger partial charge in [-0.3, -0.25) is 4.68 Å². The van der Waals surface area contributed by atoms with Gasteiger partial charge in [0.1, 0.15) is 5.82 Å². The highest BCUT2D eigenvalue weighted by atomic mass is 16.4. The highest BCUT2D eigenvalue weighted by Gasteiger charge is 2.17. The molecule has 0 aliphatic heterocycles. The van der Waals surface area contributed by atoms with E-state index >= 15 is 0 Å². The van der Waals surface area contributed by atoms with E-state index in [-0.39, 0.29) is 5.56 Å². The first kappa shape index (κ1) is 13.4. The molecule has 6 nitrogen and oxygen atoms in total. The zero-order valence-corrected chi connectivity index (χ0v) is 12.2. The van der Waals surface area contributed by atoms with Crippen LogP contribution >= 0.6 is 0 Å². The molecule has 0 unspecified atom stereocenters. The maximum atomic E-state index is 11.4. The van der Waals surface area contributed by atoms with Crippen LogP contribution in [-0.4, -0.2) is 30.4 Å². The monoisotopic (exact) mass is 284 g/mol. The smallest absolute Gasteiger partial charge is 0.337 e. The molecule has 3 rings (SSSR count). The third-order valence-corrected chi connectivity index (χ3v) is 3.85. The highest BCUT2D eigenvalue weighted by molar-refractivity contribution is 6.01. The number of aromatic carboxylic acids is 1. The van der Waals surface area contributed by atoms with Crippen molar-refractivity contribution < 1.29 is 9.90 Å². The average molecular weight is 284 g/mol. The lowest BCUT2D eigenvalue weighted by Gasteiger charge is -2.08. The number of benzene rings is 1. The Labute approximate surface area is 121 Å². The van der Waals surface area contributed by atoms with E-state index < -0.39 is 5.97 Å². The highest BCUT2D eigenvalue weighted by Crippen LogP contribution is 2.22. The summed E-state index contributed by atoms with van der Waals surface area (Å²) in [5.74, 6) is -0.147. The molecule has 21 heavy (non-hydrogen) atoms. The van der Waals surface area contributed by atoms with Gasteiger partial charge in [-0.2, -0.15) is 5.10 Å². The van der Waals surface area contributed by atoms with Crippen molar-refractivity contribution in [2.75, 3.05) is 0 Å². The van der Waals surface area contributed by atoms with Crippen LogP contribution in [0.3, 0.4) is 0 Å². The molecule has 0 saturated carbocycles. The van der Waals surface area contributed by atoms with Crippen molar-refractivity contribution in [1.29, 1.82) is 0 Å². The number of rotatable bonds is 3. The fraction of sp³-hybridized carbons (Fsp3) is 0.267. The summed E-state index contributed by atoms with van der Waals surface area (Å²) < 4.78 is 3.74. The summed E-state index contributed by atoms with van der Waals surface area (Å²) in [6, 6.07) is 5.16. The van der Waals surface area contributed by atoms with Crippen molar-refractivity contribution in [3.8, 4) is 0 Å². The van der Waals surface area contributed by atoms with Gasteiger partial charge in [0.05, 0.1) is 29.3 Å². The third-order valence-electron chi connectivity index (χ3n) is 3.85. The minimum atomic E-state index is -0.940. The fourth-order valence-corrected chi connectivity index (χ4v) is 2.54. The molecule has 6 heteroatoms. The van der Waals surface area contributed by atoms with E-state index in [0.717, 1.165) is 17.1 Å². The standard InChI is InChI=1S/C15H16N4O2/c1-9-11(7-16-18(9)3)8-19-10(2)17-13-6-4-5-12(14(13)19)15(20)21/h4-7H,8H2,1-3H3,(H,20,21). The number of aryl methyl sites for hydroxylation is 2. The van der Waals surface area contributed by atoms with Crippen molar-refractivity contribution in [3.05, 3.63) is 47.0 Å². The van der Waals surface area contributed by atoms with E-state index in [2.05, 4.69) is 10.1 Å². The Hall–Kier alpha value is -2.63. The molecular weight excluding hydrogens is 268 g/mol. The number of fused-ring (bicyclic) bond motifs is 1. The van der Waals surface area contributed by atoms with Gasteiger partial charge in [-0.25, -0.2) is 9.78 Å². The molecule has 2 heterocycles. The predicted molar refractivity (Wildman–Crippen MR) is 78.5 cm³/mol. The van der Waals surface area contributed by atoms with Gasteiger partial charge in [0.15, 0.2) is 0 Å². The zero-order chi connectivity index (χ0) is 15.1. The maximum Gasteiger partial charge on any atom is 0.337 e. The van der Waals surface area contributed by atoms with Crippen LogP contribution in [0.1, 0.15) is 27.4 Å². The van der Waals surface area contributed by atoms with Crippen molar-refractivity contribution >= 4 is 17.0 Å². The Kier molecular flexibility index (Phi) is 3.01. The molecule has 0 radical (unpaired) electrons. The fourth-order valence-electron chi connectivity index (χ4n) is 2.54. The van der Waals surface area contributed by atoms with Gasteiger partial charge < -0.3 is 9.67 Å². The second-order valence-corrected chi connectivity index (χ2v) is 5.10. The van der Waals surface area contributed by atoms with Gasteiger partial charge in [-0.15, -0.1) is 0 Å². The van der Waals surface area contributed by atoms with E-state index in [1.165, 1.54) is 0 Å². The Morgan fingerprint density at radius 2 is 2.10 bits per heavy atom. The van der Waals surface area contributed by atoms with Crippen LogP contribution in [0.2, 0.25) is 0 Å². The molecule has 108 valence electrons. The minimum Gasteiger partial charge on any atom is -0.478 e.